The lowest BCUT2D eigenvalue weighted by Crippen LogP contribution is -2.32. The summed E-state index contributed by atoms with van der Waals surface area (Å²) >= 11 is 0. The average molecular weight is 438 g/mol. The summed E-state index contributed by atoms with van der Waals surface area (Å²) in [4.78, 5) is 33.0. The number of anilines is 1. The van der Waals surface area contributed by atoms with Gasteiger partial charge in [0.2, 0.25) is 5.88 Å². The Bertz CT molecular complexity index is 1230. The van der Waals surface area contributed by atoms with E-state index < -0.39 is 17.1 Å². The number of aromatic amines is 1. The van der Waals surface area contributed by atoms with Crippen LogP contribution in [0.15, 0.2) is 57.0 Å². The first-order valence-corrected chi connectivity index (χ1v) is 9.92. The number of ether oxygens (including phenoxy) is 2. The Balaban J connectivity index is 1.85. The molecule has 0 radical (unpaired) electrons. The summed E-state index contributed by atoms with van der Waals surface area (Å²) in [7, 11) is 6.96. The van der Waals surface area contributed by atoms with Crippen molar-refractivity contribution in [3.8, 4) is 17.4 Å². The molecular formula is C23H26N4O5. The summed E-state index contributed by atoms with van der Waals surface area (Å²) < 4.78 is 11.6. The number of aromatic hydroxyl groups is 1. The maximum absolute atomic E-state index is 12.3. The molecule has 0 unspecified atom stereocenters. The van der Waals surface area contributed by atoms with E-state index in [1.165, 1.54) is 6.21 Å². The van der Waals surface area contributed by atoms with Crippen LogP contribution in [0.3, 0.4) is 0 Å². The Morgan fingerprint density at radius 2 is 1.75 bits per heavy atom. The van der Waals surface area contributed by atoms with Gasteiger partial charge in [0.25, 0.3) is 5.56 Å². The van der Waals surface area contributed by atoms with E-state index in [4.69, 9.17) is 9.47 Å². The molecule has 0 saturated heterocycles. The number of methoxy groups -OCH3 is 2. The Morgan fingerprint density at radius 1 is 1.06 bits per heavy atom. The summed E-state index contributed by atoms with van der Waals surface area (Å²) in [5, 5.41) is 10.6. The smallest absolute Gasteiger partial charge is 0.331 e. The highest BCUT2D eigenvalue weighted by Gasteiger charge is 2.13. The molecule has 0 bridgehead atoms. The lowest BCUT2D eigenvalue weighted by Gasteiger charge is -2.12. The molecule has 1 aromatic heterocycles. The molecule has 0 aliphatic rings. The highest BCUT2D eigenvalue weighted by Crippen LogP contribution is 2.28. The number of benzene rings is 2. The van der Waals surface area contributed by atoms with Gasteiger partial charge in [-0.25, -0.2) is 4.79 Å². The van der Waals surface area contributed by atoms with E-state index in [0.29, 0.717) is 23.6 Å². The van der Waals surface area contributed by atoms with Crippen molar-refractivity contribution >= 4 is 17.6 Å². The van der Waals surface area contributed by atoms with E-state index in [1.54, 1.807) is 38.5 Å². The van der Waals surface area contributed by atoms with Crippen LogP contribution in [-0.4, -0.2) is 49.2 Å². The van der Waals surface area contributed by atoms with E-state index in [-0.39, 0.29) is 12.1 Å². The molecule has 0 aliphatic carbocycles. The molecule has 168 valence electrons. The summed E-state index contributed by atoms with van der Waals surface area (Å²) in [5.74, 6) is 0.724. The normalized spacial score (nSPS) is 11.0. The quantitative estimate of drug-likeness (QED) is 0.523. The molecule has 32 heavy (non-hydrogen) atoms. The van der Waals surface area contributed by atoms with Crippen LogP contribution >= 0.6 is 0 Å². The van der Waals surface area contributed by atoms with Gasteiger partial charge < -0.3 is 19.5 Å². The third-order valence-corrected chi connectivity index (χ3v) is 4.99. The largest absolute Gasteiger partial charge is 0.494 e. The number of hydrogen-bond acceptors (Lipinski definition) is 7. The zero-order valence-electron chi connectivity index (χ0n) is 18.5. The highest BCUT2D eigenvalue weighted by atomic mass is 16.5. The van der Waals surface area contributed by atoms with Crippen LogP contribution < -0.4 is 25.6 Å². The summed E-state index contributed by atoms with van der Waals surface area (Å²) in [6.45, 7) is 0.148. The first-order valence-electron chi connectivity index (χ1n) is 9.92. The number of aromatic nitrogens is 2. The third kappa shape index (κ3) is 5.00. The van der Waals surface area contributed by atoms with E-state index in [9.17, 15) is 14.7 Å². The molecule has 3 rings (SSSR count). The Kier molecular flexibility index (Phi) is 6.99. The van der Waals surface area contributed by atoms with Crippen LogP contribution in [0.5, 0.6) is 17.4 Å². The Hall–Kier alpha value is -4.01. The molecule has 0 spiro atoms. The predicted molar refractivity (Wildman–Crippen MR) is 124 cm³/mol. The first kappa shape index (κ1) is 22.7. The molecule has 0 atom stereocenters. The first-order chi connectivity index (χ1) is 15.3. The molecule has 3 aromatic rings. The van der Waals surface area contributed by atoms with Gasteiger partial charge in [-0.2, -0.15) is 0 Å². The minimum Gasteiger partial charge on any atom is -0.494 e. The van der Waals surface area contributed by atoms with E-state index in [2.05, 4.69) is 9.98 Å². The third-order valence-electron chi connectivity index (χ3n) is 4.99. The monoisotopic (exact) mass is 438 g/mol. The average Bonchev–Trinajstić information content (AvgIpc) is 2.78. The second-order valence-corrected chi connectivity index (χ2v) is 7.26. The number of aliphatic imine (C=N–C) groups is 1. The zero-order valence-corrected chi connectivity index (χ0v) is 18.5. The fourth-order valence-corrected chi connectivity index (χ4v) is 3.15. The highest BCUT2D eigenvalue weighted by molar-refractivity contribution is 5.84. The van der Waals surface area contributed by atoms with Crippen molar-refractivity contribution in [3.63, 3.8) is 0 Å². The molecule has 0 aliphatic heterocycles. The molecule has 0 saturated carbocycles. The van der Waals surface area contributed by atoms with Crippen molar-refractivity contribution in [2.24, 2.45) is 4.99 Å². The molecule has 9 nitrogen and oxygen atoms in total. The number of rotatable bonds is 8. The van der Waals surface area contributed by atoms with Crippen LogP contribution in [0, 0.1) is 0 Å². The molecule has 2 aromatic carbocycles. The van der Waals surface area contributed by atoms with Crippen LogP contribution in [0.25, 0.3) is 0 Å². The topological polar surface area (TPSA) is 109 Å². The molecule has 1 heterocycles. The van der Waals surface area contributed by atoms with Gasteiger partial charge in [0.1, 0.15) is 5.56 Å². The van der Waals surface area contributed by atoms with Crippen molar-refractivity contribution in [2.75, 3.05) is 33.2 Å². The van der Waals surface area contributed by atoms with Crippen LogP contribution in [0.2, 0.25) is 0 Å². The van der Waals surface area contributed by atoms with Gasteiger partial charge >= 0.3 is 5.69 Å². The van der Waals surface area contributed by atoms with Crippen LogP contribution in [0.4, 0.5) is 11.4 Å². The maximum atomic E-state index is 12.3. The number of nitrogens with zero attached hydrogens (tertiary/aromatic N) is 3. The van der Waals surface area contributed by atoms with Crippen LogP contribution in [-0.2, 0) is 13.0 Å². The number of aryl methyl sites for hydroxylation is 1. The fourth-order valence-electron chi connectivity index (χ4n) is 3.15. The van der Waals surface area contributed by atoms with Gasteiger partial charge in [-0.3, -0.25) is 19.3 Å². The number of H-pyrrole nitrogens is 1. The van der Waals surface area contributed by atoms with Crippen molar-refractivity contribution in [2.45, 2.75) is 13.0 Å². The Morgan fingerprint density at radius 3 is 2.38 bits per heavy atom. The number of hydrogen-bond donors (Lipinski definition) is 2. The molecule has 9 heteroatoms. The minimum absolute atomic E-state index is 0.0893. The molecule has 2 N–H and O–H groups in total. The van der Waals surface area contributed by atoms with Crippen molar-refractivity contribution in [1.82, 2.24) is 9.55 Å². The summed E-state index contributed by atoms with van der Waals surface area (Å²) in [5.41, 5.74) is 1.000. The van der Waals surface area contributed by atoms with Crippen LogP contribution in [0.1, 0.15) is 11.1 Å². The molecule has 0 amide bonds. The standard InChI is InChI=1S/C23H26N4O5/c1-26(2)17-8-6-16(7-9-17)24-14-18-21(28)25-23(30)27(22(18)29)12-11-15-5-10-19(31-3)20(13-15)32-4/h5-10,13-14,29H,11-12H2,1-4H3,(H,25,28,30). The maximum Gasteiger partial charge on any atom is 0.331 e. The second kappa shape index (κ2) is 9.86. The lowest BCUT2D eigenvalue weighted by molar-refractivity contribution is 0.354. The predicted octanol–water partition coefficient (Wildman–Crippen LogP) is 2.32. The number of nitrogens with one attached hydrogen (secondary N) is 1. The summed E-state index contributed by atoms with van der Waals surface area (Å²) in [6, 6.07) is 12.8. The summed E-state index contributed by atoms with van der Waals surface area (Å²) in [6.07, 6.45) is 1.67. The molecule has 0 fully saturated rings. The van der Waals surface area contributed by atoms with Gasteiger partial charge in [0.15, 0.2) is 11.5 Å². The van der Waals surface area contributed by atoms with E-state index in [1.807, 2.05) is 37.2 Å². The van der Waals surface area contributed by atoms with Crippen molar-refractivity contribution < 1.29 is 14.6 Å². The minimum atomic E-state index is -0.705. The van der Waals surface area contributed by atoms with Gasteiger partial charge in [0, 0.05) is 32.5 Å². The van der Waals surface area contributed by atoms with Crippen molar-refractivity contribution in [3.05, 3.63) is 74.4 Å². The fraction of sp³-hybridized carbons (Fsp3) is 0.261. The van der Waals surface area contributed by atoms with Gasteiger partial charge in [-0.15, -0.1) is 0 Å². The lowest BCUT2D eigenvalue weighted by atomic mass is 10.1. The van der Waals surface area contributed by atoms with Crippen molar-refractivity contribution in [1.29, 1.82) is 0 Å². The van der Waals surface area contributed by atoms with Gasteiger partial charge in [-0.1, -0.05) is 6.07 Å². The molecular weight excluding hydrogens is 412 g/mol. The van der Waals surface area contributed by atoms with Gasteiger partial charge in [-0.05, 0) is 48.4 Å². The van der Waals surface area contributed by atoms with Gasteiger partial charge in [0.05, 0.1) is 19.9 Å². The Labute approximate surface area is 185 Å². The van der Waals surface area contributed by atoms with E-state index >= 15 is 0 Å². The second-order valence-electron chi connectivity index (χ2n) is 7.26. The zero-order chi connectivity index (χ0) is 23.3. The SMILES string of the molecule is COc1ccc(CCn2c(O)c(C=Nc3ccc(N(C)C)cc3)c(=O)[nH]c2=O)cc1OC. The van der Waals surface area contributed by atoms with E-state index in [0.717, 1.165) is 15.8 Å².